The molecule has 90 valence electrons. The van der Waals surface area contributed by atoms with Crippen LogP contribution >= 0.6 is 0 Å². The first-order chi connectivity index (χ1) is 7.44. The number of hydrogen-bond donors (Lipinski definition) is 2. The molecule has 1 aromatic rings. The van der Waals surface area contributed by atoms with Gasteiger partial charge >= 0.3 is 0 Å². The lowest BCUT2D eigenvalue weighted by Gasteiger charge is -2.23. The van der Waals surface area contributed by atoms with Crippen LogP contribution in [0.5, 0.6) is 0 Å². The zero-order valence-corrected chi connectivity index (χ0v) is 10.9. The van der Waals surface area contributed by atoms with E-state index in [0.29, 0.717) is 0 Å². The highest BCUT2D eigenvalue weighted by Gasteiger charge is 2.13. The molecule has 0 spiro atoms. The summed E-state index contributed by atoms with van der Waals surface area (Å²) in [5, 5.41) is 6.67. The molecule has 0 unspecified atom stereocenters. The molecule has 1 aromatic heterocycles. The third kappa shape index (κ3) is 3.68. The Bertz CT molecular complexity index is 341. The second kappa shape index (κ2) is 5.14. The molecule has 0 aromatic carbocycles. The van der Waals surface area contributed by atoms with Crippen molar-refractivity contribution in [2.45, 2.75) is 46.6 Å². The minimum absolute atomic E-state index is 0.0150. The van der Waals surface area contributed by atoms with Crippen LogP contribution in [0.25, 0.3) is 0 Å². The SMILES string of the molecule is CCCNc1ncnc(NC(C)(C)C)c1C. The first-order valence-electron chi connectivity index (χ1n) is 5.77. The van der Waals surface area contributed by atoms with Crippen LogP contribution in [-0.4, -0.2) is 22.1 Å². The monoisotopic (exact) mass is 222 g/mol. The molecule has 0 aliphatic heterocycles. The van der Waals surface area contributed by atoms with Crippen LogP contribution in [0, 0.1) is 6.92 Å². The number of nitrogens with zero attached hydrogens (tertiary/aromatic N) is 2. The van der Waals surface area contributed by atoms with E-state index >= 15 is 0 Å². The van der Waals surface area contributed by atoms with Crippen molar-refractivity contribution in [3.8, 4) is 0 Å². The van der Waals surface area contributed by atoms with Gasteiger partial charge in [0.15, 0.2) is 0 Å². The first kappa shape index (κ1) is 12.7. The van der Waals surface area contributed by atoms with Crippen molar-refractivity contribution < 1.29 is 0 Å². The van der Waals surface area contributed by atoms with Crippen molar-refractivity contribution in [3.63, 3.8) is 0 Å². The molecule has 0 saturated heterocycles. The Hall–Kier alpha value is -1.32. The minimum Gasteiger partial charge on any atom is -0.370 e. The minimum atomic E-state index is 0.0150. The Labute approximate surface area is 97.9 Å². The summed E-state index contributed by atoms with van der Waals surface area (Å²) in [6, 6.07) is 0. The molecule has 0 atom stereocenters. The van der Waals surface area contributed by atoms with Gasteiger partial charge in [-0.2, -0.15) is 0 Å². The van der Waals surface area contributed by atoms with Crippen molar-refractivity contribution in [1.29, 1.82) is 0 Å². The standard InChI is InChI=1S/C12H22N4/c1-6-7-13-10-9(2)11(15-8-14-10)16-12(3,4)5/h8H,6-7H2,1-5H3,(H2,13,14,15,16). The Kier molecular flexibility index (Phi) is 4.10. The second-order valence-corrected chi connectivity index (χ2v) is 5.00. The quantitative estimate of drug-likeness (QED) is 0.822. The van der Waals surface area contributed by atoms with Crippen LogP contribution in [0.1, 0.15) is 39.7 Å². The molecule has 1 heterocycles. The number of anilines is 2. The zero-order chi connectivity index (χ0) is 12.2. The molecule has 1 rings (SSSR count). The van der Waals surface area contributed by atoms with Crippen molar-refractivity contribution in [2.24, 2.45) is 0 Å². The summed E-state index contributed by atoms with van der Waals surface area (Å²) >= 11 is 0. The summed E-state index contributed by atoms with van der Waals surface area (Å²) in [6.07, 6.45) is 2.69. The van der Waals surface area contributed by atoms with Gasteiger partial charge in [-0.3, -0.25) is 0 Å². The van der Waals surface area contributed by atoms with Crippen LogP contribution in [0.4, 0.5) is 11.6 Å². The van der Waals surface area contributed by atoms with Gasteiger partial charge in [-0.15, -0.1) is 0 Å². The van der Waals surface area contributed by atoms with Crippen LogP contribution < -0.4 is 10.6 Å². The van der Waals surface area contributed by atoms with Crippen molar-refractivity contribution in [2.75, 3.05) is 17.2 Å². The van der Waals surface area contributed by atoms with Gasteiger partial charge in [0.2, 0.25) is 0 Å². The molecule has 16 heavy (non-hydrogen) atoms. The normalized spacial score (nSPS) is 11.3. The summed E-state index contributed by atoms with van der Waals surface area (Å²) in [4.78, 5) is 8.51. The largest absolute Gasteiger partial charge is 0.370 e. The third-order valence-electron chi connectivity index (χ3n) is 2.12. The van der Waals surface area contributed by atoms with Crippen molar-refractivity contribution in [3.05, 3.63) is 11.9 Å². The fourth-order valence-electron chi connectivity index (χ4n) is 1.35. The van der Waals surface area contributed by atoms with Gasteiger partial charge in [-0.05, 0) is 34.1 Å². The highest BCUT2D eigenvalue weighted by Crippen LogP contribution is 2.21. The van der Waals surface area contributed by atoms with Gasteiger partial charge in [0.1, 0.15) is 18.0 Å². The fourth-order valence-corrected chi connectivity index (χ4v) is 1.35. The van der Waals surface area contributed by atoms with Gasteiger partial charge in [-0.25, -0.2) is 9.97 Å². The smallest absolute Gasteiger partial charge is 0.134 e. The fraction of sp³-hybridized carbons (Fsp3) is 0.667. The molecule has 0 bridgehead atoms. The van der Waals surface area contributed by atoms with E-state index in [1.807, 2.05) is 6.92 Å². The molecule has 0 fully saturated rings. The highest BCUT2D eigenvalue weighted by molar-refractivity contribution is 5.57. The summed E-state index contributed by atoms with van der Waals surface area (Å²) < 4.78 is 0. The highest BCUT2D eigenvalue weighted by atomic mass is 15.1. The molecule has 2 N–H and O–H groups in total. The molecule has 0 saturated carbocycles. The van der Waals surface area contributed by atoms with Crippen molar-refractivity contribution >= 4 is 11.6 Å². The number of nitrogens with one attached hydrogen (secondary N) is 2. The van der Waals surface area contributed by atoms with E-state index in [0.717, 1.165) is 30.2 Å². The molecule has 4 heteroatoms. The first-order valence-corrected chi connectivity index (χ1v) is 5.77. The van der Waals surface area contributed by atoms with E-state index in [-0.39, 0.29) is 5.54 Å². The Morgan fingerprint density at radius 3 is 2.38 bits per heavy atom. The number of hydrogen-bond acceptors (Lipinski definition) is 4. The molecule has 0 radical (unpaired) electrons. The third-order valence-corrected chi connectivity index (χ3v) is 2.12. The Balaban J connectivity index is 2.86. The van der Waals surface area contributed by atoms with Gasteiger partial charge in [0.05, 0.1) is 0 Å². The Morgan fingerprint density at radius 2 is 1.81 bits per heavy atom. The molecular formula is C12H22N4. The van der Waals surface area contributed by atoms with E-state index in [4.69, 9.17) is 0 Å². The van der Waals surface area contributed by atoms with E-state index < -0.39 is 0 Å². The number of rotatable bonds is 4. The maximum Gasteiger partial charge on any atom is 0.134 e. The lowest BCUT2D eigenvalue weighted by molar-refractivity contribution is 0.629. The van der Waals surface area contributed by atoms with E-state index in [9.17, 15) is 0 Å². The van der Waals surface area contributed by atoms with Crippen LogP contribution in [-0.2, 0) is 0 Å². The van der Waals surface area contributed by atoms with Crippen molar-refractivity contribution in [1.82, 2.24) is 9.97 Å². The maximum absolute atomic E-state index is 4.27. The number of aromatic nitrogens is 2. The molecule has 4 nitrogen and oxygen atoms in total. The van der Waals surface area contributed by atoms with Crippen LogP contribution in [0.3, 0.4) is 0 Å². The molecule has 0 amide bonds. The Morgan fingerprint density at radius 1 is 1.19 bits per heavy atom. The average molecular weight is 222 g/mol. The predicted octanol–water partition coefficient (Wildman–Crippen LogP) is 2.82. The average Bonchev–Trinajstić information content (AvgIpc) is 2.17. The van der Waals surface area contributed by atoms with Gasteiger partial charge in [-0.1, -0.05) is 6.92 Å². The molecule has 0 aliphatic rings. The van der Waals surface area contributed by atoms with Gasteiger partial charge < -0.3 is 10.6 Å². The van der Waals surface area contributed by atoms with E-state index in [1.165, 1.54) is 0 Å². The van der Waals surface area contributed by atoms with Crippen LogP contribution in [0.15, 0.2) is 6.33 Å². The molecule has 0 aliphatic carbocycles. The molecular weight excluding hydrogens is 200 g/mol. The topological polar surface area (TPSA) is 49.8 Å². The van der Waals surface area contributed by atoms with Crippen LogP contribution in [0.2, 0.25) is 0 Å². The predicted molar refractivity (Wildman–Crippen MR) is 68.9 cm³/mol. The van der Waals surface area contributed by atoms with E-state index in [2.05, 4.69) is 48.3 Å². The lowest BCUT2D eigenvalue weighted by atomic mass is 10.1. The van der Waals surface area contributed by atoms with Gasteiger partial charge in [0.25, 0.3) is 0 Å². The summed E-state index contributed by atoms with van der Waals surface area (Å²) in [7, 11) is 0. The lowest BCUT2D eigenvalue weighted by Crippen LogP contribution is -2.27. The summed E-state index contributed by atoms with van der Waals surface area (Å²) in [5.74, 6) is 1.82. The maximum atomic E-state index is 4.27. The zero-order valence-electron chi connectivity index (χ0n) is 10.9. The summed E-state index contributed by atoms with van der Waals surface area (Å²) in [5.41, 5.74) is 1.09. The second-order valence-electron chi connectivity index (χ2n) is 5.00. The summed E-state index contributed by atoms with van der Waals surface area (Å²) in [6.45, 7) is 11.5. The van der Waals surface area contributed by atoms with Gasteiger partial charge in [0, 0.05) is 17.6 Å². The van der Waals surface area contributed by atoms with E-state index in [1.54, 1.807) is 6.33 Å².